The van der Waals surface area contributed by atoms with Crippen LogP contribution in [0.15, 0.2) is 231 Å². The third-order valence-corrected chi connectivity index (χ3v) is 12.3. The third-order valence-electron chi connectivity index (χ3n) is 12.3. The van der Waals surface area contributed by atoms with Crippen LogP contribution in [0.25, 0.3) is 78.7 Å². The number of rotatable bonds is 8. The number of hydrogen-bond acceptors (Lipinski definition) is 4. The van der Waals surface area contributed by atoms with Crippen LogP contribution in [0.2, 0.25) is 0 Å². The highest BCUT2D eigenvalue weighted by molar-refractivity contribution is 5.95. The summed E-state index contributed by atoms with van der Waals surface area (Å²) in [6.45, 7) is 0. The van der Waals surface area contributed by atoms with Gasteiger partial charge in [-0.05, 0) is 91.0 Å². The Balaban J connectivity index is 1.08. The lowest BCUT2D eigenvalue weighted by molar-refractivity contribution is 0.769. The SMILES string of the molecule is N#Cc1ccc(-c2cc3c(cc2-c2ccc(-c4nc(-c5ccccc5)nc(-c5ccc(-c6ccccc6)cc5)n4)cc2)C(c2ccccc2)(c2ccccc2)c2ccccc2-3)cc1. The van der Waals surface area contributed by atoms with Crippen LogP contribution in [0.4, 0.5) is 0 Å². The van der Waals surface area contributed by atoms with E-state index in [-0.39, 0.29) is 0 Å². The first kappa shape index (κ1) is 37.5. The molecule has 1 aliphatic rings. The smallest absolute Gasteiger partial charge is 0.164 e. The minimum absolute atomic E-state index is 0.555. The van der Waals surface area contributed by atoms with Gasteiger partial charge in [0, 0.05) is 16.7 Å². The molecule has 1 heterocycles. The molecule has 10 aromatic rings. The Morgan fingerprint density at radius 1 is 0.302 bits per heavy atom. The van der Waals surface area contributed by atoms with Crippen molar-refractivity contribution in [2.75, 3.05) is 0 Å². The summed E-state index contributed by atoms with van der Waals surface area (Å²) in [6, 6.07) is 83.0. The molecule has 0 atom stereocenters. The maximum absolute atomic E-state index is 9.72. The summed E-state index contributed by atoms with van der Waals surface area (Å²) in [6.07, 6.45) is 0. The number of fused-ring (bicyclic) bond motifs is 3. The minimum Gasteiger partial charge on any atom is -0.208 e. The molecule has 4 nitrogen and oxygen atoms in total. The number of hydrogen-bond donors (Lipinski definition) is 0. The van der Waals surface area contributed by atoms with Crippen molar-refractivity contribution in [2.45, 2.75) is 5.41 Å². The fraction of sp³-hybridized carbons (Fsp3) is 0.0169. The van der Waals surface area contributed by atoms with Crippen LogP contribution in [-0.4, -0.2) is 15.0 Å². The van der Waals surface area contributed by atoms with Crippen LogP contribution >= 0.6 is 0 Å². The topological polar surface area (TPSA) is 62.5 Å². The fourth-order valence-corrected chi connectivity index (χ4v) is 9.28. The maximum atomic E-state index is 9.72. The molecule has 0 N–H and O–H groups in total. The lowest BCUT2D eigenvalue weighted by atomic mass is 9.67. The molecule has 294 valence electrons. The minimum atomic E-state index is -0.555. The highest BCUT2D eigenvalue weighted by Gasteiger charge is 2.46. The Morgan fingerprint density at radius 2 is 0.683 bits per heavy atom. The van der Waals surface area contributed by atoms with Gasteiger partial charge in [-0.3, -0.25) is 0 Å². The molecule has 0 fully saturated rings. The Bertz CT molecular complexity index is 3250. The highest BCUT2D eigenvalue weighted by Crippen LogP contribution is 2.58. The average molecular weight is 803 g/mol. The van der Waals surface area contributed by atoms with E-state index >= 15 is 0 Å². The van der Waals surface area contributed by atoms with Gasteiger partial charge in [-0.2, -0.15) is 5.26 Å². The van der Waals surface area contributed by atoms with Gasteiger partial charge in [0.25, 0.3) is 0 Å². The van der Waals surface area contributed by atoms with Gasteiger partial charge < -0.3 is 0 Å². The normalized spacial score (nSPS) is 12.2. The molecule has 9 aromatic carbocycles. The molecule has 0 amide bonds. The van der Waals surface area contributed by atoms with Gasteiger partial charge in [0.1, 0.15) is 0 Å². The van der Waals surface area contributed by atoms with Gasteiger partial charge in [0.05, 0.1) is 17.0 Å². The van der Waals surface area contributed by atoms with Crippen LogP contribution in [-0.2, 0) is 5.41 Å². The second kappa shape index (κ2) is 15.8. The lowest BCUT2D eigenvalue weighted by Crippen LogP contribution is -2.28. The van der Waals surface area contributed by atoms with Gasteiger partial charge in [-0.25, -0.2) is 15.0 Å². The van der Waals surface area contributed by atoms with Crippen molar-refractivity contribution in [2.24, 2.45) is 0 Å². The van der Waals surface area contributed by atoms with Gasteiger partial charge in [0.2, 0.25) is 0 Å². The largest absolute Gasteiger partial charge is 0.208 e. The highest BCUT2D eigenvalue weighted by atomic mass is 15.0. The van der Waals surface area contributed by atoms with Gasteiger partial charge in [0.15, 0.2) is 17.5 Å². The van der Waals surface area contributed by atoms with Crippen LogP contribution in [0.5, 0.6) is 0 Å². The van der Waals surface area contributed by atoms with E-state index in [0.29, 0.717) is 23.0 Å². The van der Waals surface area contributed by atoms with Crippen molar-refractivity contribution in [3.05, 3.63) is 258 Å². The molecule has 1 aromatic heterocycles. The maximum Gasteiger partial charge on any atom is 0.164 e. The van der Waals surface area contributed by atoms with Crippen molar-refractivity contribution in [3.8, 4) is 84.7 Å². The summed E-state index contributed by atoms with van der Waals surface area (Å²) in [4.78, 5) is 15.1. The van der Waals surface area contributed by atoms with Crippen molar-refractivity contribution in [3.63, 3.8) is 0 Å². The fourth-order valence-electron chi connectivity index (χ4n) is 9.28. The predicted molar refractivity (Wildman–Crippen MR) is 254 cm³/mol. The summed E-state index contributed by atoms with van der Waals surface area (Å²) in [5.41, 5.74) is 16.7. The number of nitriles is 1. The average Bonchev–Trinajstić information content (AvgIpc) is 3.67. The first-order chi connectivity index (χ1) is 31.2. The Hall–Kier alpha value is -8.52. The molecule has 0 aliphatic heterocycles. The second-order valence-corrected chi connectivity index (χ2v) is 15.9. The zero-order chi connectivity index (χ0) is 42.2. The second-order valence-electron chi connectivity index (χ2n) is 15.9. The molecule has 0 radical (unpaired) electrons. The monoisotopic (exact) mass is 802 g/mol. The van der Waals surface area contributed by atoms with Crippen molar-refractivity contribution < 1.29 is 0 Å². The molecule has 0 saturated carbocycles. The Morgan fingerprint density at radius 3 is 1.21 bits per heavy atom. The number of benzene rings is 9. The van der Waals surface area contributed by atoms with Gasteiger partial charge >= 0.3 is 0 Å². The van der Waals surface area contributed by atoms with Crippen LogP contribution < -0.4 is 0 Å². The third kappa shape index (κ3) is 6.61. The Kier molecular flexibility index (Phi) is 9.41. The summed E-state index contributed by atoms with van der Waals surface area (Å²) in [5, 5.41) is 9.72. The molecule has 0 spiro atoms. The molecular formula is C59H38N4. The number of nitrogens with zero attached hydrogens (tertiary/aromatic N) is 4. The molecular weight excluding hydrogens is 765 g/mol. The van der Waals surface area contributed by atoms with Gasteiger partial charge in [-0.15, -0.1) is 0 Å². The molecule has 63 heavy (non-hydrogen) atoms. The first-order valence-corrected chi connectivity index (χ1v) is 21.2. The molecule has 11 rings (SSSR count). The standard InChI is InChI=1S/C59H38N4/c60-39-40-25-27-43(28-26-40)51-37-53-50-23-13-14-24-54(50)59(48-19-9-3-10-20-48,49-21-11-4-12-22-49)55(53)38-52(51)44-31-35-47(36-32-44)58-62-56(45-17-7-2-8-18-45)61-57(63-58)46-33-29-42(30-34-46)41-15-5-1-6-16-41/h1-38H. The van der Waals surface area contributed by atoms with E-state index in [1.807, 2.05) is 48.5 Å². The number of aromatic nitrogens is 3. The molecule has 0 unspecified atom stereocenters. The zero-order valence-corrected chi connectivity index (χ0v) is 34.2. The van der Waals surface area contributed by atoms with E-state index < -0.39 is 5.41 Å². The Labute approximate surface area is 367 Å². The van der Waals surface area contributed by atoms with E-state index in [1.165, 1.54) is 33.4 Å². The van der Waals surface area contributed by atoms with Crippen LogP contribution in [0.1, 0.15) is 27.8 Å². The summed E-state index contributed by atoms with van der Waals surface area (Å²) < 4.78 is 0. The van der Waals surface area contributed by atoms with E-state index in [9.17, 15) is 5.26 Å². The quantitative estimate of drug-likeness (QED) is 0.153. The summed E-state index contributed by atoms with van der Waals surface area (Å²) >= 11 is 0. The van der Waals surface area contributed by atoms with Crippen molar-refractivity contribution >= 4 is 0 Å². The van der Waals surface area contributed by atoms with Crippen LogP contribution in [0.3, 0.4) is 0 Å². The van der Waals surface area contributed by atoms with Gasteiger partial charge in [-0.1, -0.05) is 206 Å². The predicted octanol–water partition coefficient (Wildman–Crippen LogP) is 14.1. The summed E-state index contributed by atoms with van der Waals surface area (Å²) in [5.74, 6) is 1.83. The van der Waals surface area contributed by atoms with E-state index in [1.54, 1.807) is 0 Å². The summed E-state index contributed by atoms with van der Waals surface area (Å²) in [7, 11) is 0. The molecule has 4 heteroatoms. The van der Waals surface area contributed by atoms with E-state index in [2.05, 4.69) is 188 Å². The van der Waals surface area contributed by atoms with Crippen LogP contribution in [0, 0.1) is 11.3 Å². The lowest BCUT2D eigenvalue weighted by Gasteiger charge is -2.34. The molecule has 0 bridgehead atoms. The molecule has 0 saturated heterocycles. The van der Waals surface area contributed by atoms with Crippen molar-refractivity contribution in [1.82, 2.24) is 15.0 Å². The van der Waals surface area contributed by atoms with Crippen molar-refractivity contribution in [1.29, 1.82) is 5.26 Å². The first-order valence-electron chi connectivity index (χ1n) is 21.2. The molecule has 1 aliphatic carbocycles. The van der Waals surface area contributed by atoms with E-state index in [0.717, 1.165) is 50.1 Å². The zero-order valence-electron chi connectivity index (χ0n) is 34.2. The van der Waals surface area contributed by atoms with E-state index in [4.69, 9.17) is 15.0 Å².